The highest BCUT2D eigenvalue weighted by molar-refractivity contribution is 6.10. The highest BCUT2D eigenvalue weighted by Gasteiger charge is 2.51. The Bertz CT molecular complexity index is 4550. The monoisotopic (exact) mass is 1090 g/mol. The minimum Gasteiger partial charge on any atom is -0.310 e. The van der Waals surface area contributed by atoms with Gasteiger partial charge in [-0.05, 0) is 199 Å². The smallest absolute Gasteiger partial charge is 0.0726 e. The molecular weight excluding hydrogens is 1020 g/mol. The molecule has 0 saturated heterocycles. The van der Waals surface area contributed by atoms with E-state index in [1.165, 1.54) is 179 Å². The number of aromatic nitrogens is 1. The summed E-state index contributed by atoms with van der Waals surface area (Å²) in [4.78, 5) is 2.51. The van der Waals surface area contributed by atoms with Crippen molar-refractivity contribution in [2.75, 3.05) is 4.90 Å². The van der Waals surface area contributed by atoms with Gasteiger partial charge in [0, 0.05) is 33.4 Å². The number of rotatable bonds is 10. The Balaban J connectivity index is 0.748. The van der Waals surface area contributed by atoms with Gasteiger partial charge in [-0.3, -0.25) is 0 Å². The first kappa shape index (κ1) is 49.8. The minimum atomic E-state index is -0.475. The normalized spacial score (nSPS) is 14.9. The van der Waals surface area contributed by atoms with E-state index in [9.17, 15) is 0 Å². The van der Waals surface area contributed by atoms with Gasteiger partial charge in [0.15, 0.2) is 0 Å². The Morgan fingerprint density at radius 1 is 0.294 bits per heavy atom. The predicted octanol–water partition coefficient (Wildman–Crippen LogP) is 22.6. The van der Waals surface area contributed by atoms with Crippen molar-refractivity contribution >= 4 is 38.9 Å². The second kappa shape index (κ2) is 20.2. The van der Waals surface area contributed by atoms with Crippen molar-refractivity contribution in [3.8, 4) is 72.4 Å². The third-order valence-electron chi connectivity index (χ3n) is 19.9. The van der Waals surface area contributed by atoms with Crippen molar-refractivity contribution < 1.29 is 0 Å². The summed E-state index contributed by atoms with van der Waals surface area (Å²) in [6.45, 7) is 0. The SMILES string of the molecule is c1ccc(-c2ccc(-c3ccccc3)c(N(c3ccc(-c4ccc(-c5ccc(-n6c7ccc(C8CCCC8)cc7c7cc(C8CCCC8)ccc76)cc5)cc4)cc3)c3ccc4c(c3)C3(c5ccccc5-c5ccccc53)c3ccccc3-4)c2)cc1. The van der Waals surface area contributed by atoms with Crippen LogP contribution in [0.15, 0.2) is 279 Å². The van der Waals surface area contributed by atoms with E-state index in [-0.39, 0.29) is 0 Å². The largest absolute Gasteiger partial charge is 0.310 e. The maximum atomic E-state index is 2.55. The summed E-state index contributed by atoms with van der Waals surface area (Å²) < 4.78 is 2.51. The van der Waals surface area contributed by atoms with Gasteiger partial charge in [-0.2, -0.15) is 0 Å². The molecular formula is C83H64N2. The lowest BCUT2D eigenvalue weighted by atomic mass is 9.70. The fourth-order valence-corrected chi connectivity index (χ4v) is 15.9. The number of hydrogen-bond donors (Lipinski definition) is 0. The number of nitrogens with zero attached hydrogens (tertiary/aromatic N) is 2. The average molecular weight is 1090 g/mol. The number of benzene rings is 12. The molecule has 0 atom stereocenters. The molecule has 0 unspecified atom stereocenters. The summed E-state index contributed by atoms with van der Waals surface area (Å²) in [7, 11) is 0. The molecule has 2 heteroatoms. The van der Waals surface area contributed by atoms with Crippen molar-refractivity contribution in [1.82, 2.24) is 4.57 Å². The number of hydrogen-bond acceptors (Lipinski definition) is 1. The zero-order valence-corrected chi connectivity index (χ0v) is 47.8. The van der Waals surface area contributed by atoms with Crippen LogP contribution < -0.4 is 4.90 Å². The van der Waals surface area contributed by atoms with E-state index in [0.717, 1.165) is 17.1 Å². The zero-order valence-electron chi connectivity index (χ0n) is 47.8. The van der Waals surface area contributed by atoms with Gasteiger partial charge in [-0.15, -0.1) is 0 Å². The fraction of sp³-hybridized carbons (Fsp3) is 0.133. The molecule has 1 spiro atoms. The molecule has 0 aliphatic heterocycles. The molecule has 0 radical (unpaired) electrons. The van der Waals surface area contributed by atoms with Crippen LogP contribution in [0.4, 0.5) is 17.1 Å². The molecule has 0 amide bonds. The molecule has 2 nitrogen and oxygen atoms in total. The average Bonchev–Trinajstić information content (AvgIpc) is 1.55. The van der Waals surface area contributed by atoms with E-state index >= 15 is 0 Å². The van der Waals surface area contributed by atoms with E-state index in [4.69, 9.17) is 0 Å². The van der Waals surface area contributed by atoms with Gasteiger partial charge >= 0.3 is 0 Å². The Hall–Kier alpha value is -9.76. The van der Waals surface area contributed by atoms with Crippen LogP contribution >= 0.6 is 0 Å². The molecule has 1 heterocycles. The molecule has 2 fully saturated rings. The van der Waals surface area contributed by atoms with Crippen LogP contribution in [0, 0.1) is 0 Å². The van der Waals surface area contributed by atoms with Gasteiger partial charge in [-0.25, -0.2) is 0 Å². The van der Waals surface area contributed by atoms with Gasteiger partial charge in [0.2, 0.25) is 0 Å². The van der Waals surface area contributed by atoms with Crippen LogP contribution in [0.5, 0.6) is 0 Å². The Morgan fingerprint density at radius 2 is 0.694 bits per heavy atom. The van der Waals surface area contributed by atoms with Crippen LogP contribution in [0.2, 0.25) is 0 Å². The molecule has 85 heavy (non-hydrogen) atoms. The van der Waals surface area contributed by atoms with Crippen LogP contribution in [-0.2, 0) is 5.41 Å². The van der Waals surface area contributed by atoms with Crippen molar-refractivity contribution in [1.29, 1.82) is 0 Å². The van der Waals surface area contributed by atoms with Crippen molar-refractivity contribution in [3.05, 3.63) is 312 Å². The molecule has 0 N–H and O–H groups in total. The summed E-state index contributed by atoms with van der Waals surface area (Å²) >= 11 is 0. The van der Waals surface area contributed by atoms with Gasteiger partial charge in [0.05, 0.1) is 22.1 Å². The second-order valence-electron chi connectivity index (χ2n) is 24.4. The fourth-order valence-electron chi connectivity index (χ4n) is 15.9. The van der Waals surface area contributed by atoms with Crippen molar-refractivity contribution in [2.45, 2.75) is 68.6 Å². The van der Waals surface area contributed by atoms with Gasteiger partial charge in [0.1, 0.15) is 0 Å². The van der Waals surface area contributed by atoms with E-state index in [1.807, 2.05) is 0 Å². The van der Waals surface area contributed by atoms with Crippen molar-refractivity contribution in [2.24, 2.45) is 0 Å². The molecule has 4 aliphatic carbocycles. The van der Waals surface area contributed by atoms with E-state index in [1.54, 1.807) is 0 Å². The summed E-state index contributed by atoms with van der Waals surface area (Å²) in [6, 6.07) is 106. The van der Waals surface area contributed by atoms with E-state index < -0.39 is 5.41 Å². The van der Waals surface area contributed by atoms with Crippen LogP contribution in [-0.4, -0.2) is 4.57 Å². The molecule has 12 aromatic carbocycles. The number of fused-ring (bicyclic) bond motifs is 13. The van der Waals surface area contributed by atoms with Crippen LogP contribution in [0.1, 0.15) is 96.6 Å². The summed E-state index contributed by atoms with van der Waals surface area (Å²) in [5.41, 5.74) is 29.7. The predicted molar refractivity (Wildman–Crippen MR) is 356 cm³/mol. The van der Waals surface area contributed by atoms with Gasteiger partial charge in [0.25, 0.3) is 0 Å². The summed E-state index contributed by atoms with van der Waals surface area (Å²) in [6.07, 6.45) is 10.6. The lowest BCUT2D eigenvalue weighted by Gasteiger charge is -2.33. The lowest BCUT2D eigenvalue weighted by Crippen LogP contribution is -2.26. The molecule has 406 valence electrons. The molecule has 13 aromatic rings. The maximum Gasteiger partial charge on any atom is 0.0726 e. The summed E-state index contributed by atoms with van der Waals surface area (Å²) in [5, 5.41) is 2.80. The van der Waals surface area contributed by atoms with Crippen LogP contribution in [0.3, 0.4) is 0 Å². The third kappa shape index (κ3) is 8.06. The first-order valence-electron chi connectivity index (χ1n) is 31.0. The highest BCUT2D eigenvalue weighted by atomic mass is 15.1. The maximum absolute atomic E-state index is 2.55. The third-order valence-corrected chi connectivity index (χ3v) is 19.9. The Labute approximate surface area is 499 Å². The first-order valence-corrected chi connectivity index (χ1v) is 31.0. The lowest BCUT2D eigenvalue weighted by molar-refractivity contribution is 0.724. The van der Waals surface area contributed by atoms with Gasteiger partial charge in [-0.1, -0.05) is 238 Å². The van der Waals surface area contributed by atoms with Gasteiger partial charge < -0.3 is 9.47 Å². The topological polar surface area (TPSA) is 8.17 Å². The summed E-state index contributed by atoms with van der Waals surface area (Å²) in [5.74, 6) is 1.37. The number of anilines is 3. The standard InChI is InChI=1S/C83H64N2/c1-3-17-57(18-4-1)65-39-47-69(62-23-5-2-6-24-62)82(53-65)84(68-46-48-73-72-27-13-16-30-78(72)83(79(73)54-68)76-28-14-11-25-70(76)71-26-12-15-29-77(71)83)66-42-35-60(36-43-66)58-31-33-59(34-32-58)61-37-44-67(45-38-61)85-80-49-40-63(55-19-7-8-20-55)51-74(80)75-52-64(41-50-81(75)85)56-21-9-10-22-56/h1-6,11-18,23-56H,7-10,19-22H2. The quantitative estimate of drug-likeness (QED) is 0.132. The van der Waals surface area contributed by atoms with Crippen molar-refractivity contribution in [3.63, 3.8) is 0 Å². The Kier molecular flexibility index (Phi) is 11.9. The van der Waals surface area contributed by atoms with E-state index in [2.05, 4.69) is 289 Å². The van der Waals surface area contributed by atoms with E-state index in [0.29, 0.717) is 11.8 Å². The first-order chi connectivity index (χ1) is 42.1. The molecule has 2 saturated carbocycles. The molecule has 4 aliphatic rings. The molecule has 17 rings (SSSR count). The Morgan fingerprint density at radius 3 is 1.21 bits per heavy atom. The second-order valence-corrected chi connectivity index (χ2v) is 24.4. The van der Waals surface area contributed by atoms with Crippen LogP contribution in [0.25, 0.3) is 94.3 Å². The molecule has 0 bridgehead atoms. The minimum absolute atomic E-state index is 0.475. The highest BCUT2D eigenvalue weighted by Crippen LogP contribution is 2.63. The zero-order chi connectivity index (χ0) is 56.0. The molecule has 1 aromatic heterocycles.